The van der Waals surface area contributed by atoms with E-state index in [1.165, 1.54) is 16.0 Å². The van der Waals surface area contributed by atoms with Crippen LogP contribution in [0.15, 0.2) is 29.2 Å². The Balaban J connectivity index is 1.57. The molecule has 1 saturated heterocycles. The Morgan fingerprint density at radius 2 is 2.12 bits per heavy atom. The Kier molecular flexibility index (Phi) is 4.96. The van der Waals surface area contributed by atoms with Crippen LogP contribution in [0, 0.1) is 0 Å². The van der Waals surface area contributed by atoms with Crippen LogP contribution in [0.25, 0.3) is 0 Å². The van der Waals surface area contributed by atoms with Crippen LogP contribution in [0.4, 0.5) is 5.69 Å². The second-order valence-corrected chi connectivity index (χ2v) is 6.73. The first-order valence-electron chi connectivity index (χ1n) is 7.80. The normalized spacial score (nSPS) is 20.8. The number of hydrogen-bond acceptors (Lipinski definition) is 5. The number of morpholine rings is 1. The Morgan fingerprint density at radius 3 is 2.79 bits per heavy atom. The molecule has 2 atom stereocenters. The maximum atomic E-state index is 12.4. The van der Waals surface area contributed by atoms with Gasteiger partial charge in [0.1, 0.15) is 6.54 Å². The maximum absolute atomic E-state index is 12.4. The number of hydrogen-bond donors (Lipinski definition) is 1. The van der Waals surface area contributed by atoms with Crippen molar-refractivity contribution in [3.63, 3.8) is 0 Å². The molecule has 3 rings (SSSR count). The van der Waals surface area contributed by atoms with Gasteiger partial charge in [-0.25, -0.2) is 0 Å². The summed E-state index contributed by atoms with van der Waals surface area (Å²) in [5.74, 6) is -0.186. The van der Waals surface area contributed by atoms with Crippen LogP contribution in [-0.2, 0) is 16.1 Å². The molecule has 128 valence electrons. The lowest BCUT2D eigenvalue weighted by molar-refractivity contribution is -0.144. The quantitative estimate of drug-likeness (QED) is 0.915. The van der Waals surface area contributed by atoms with E-state index in [1.54, 1.807) is 28.7 Å². The van der Waals surface area contributed by atoms with Crippen LogP contribution < -0.4 is 5.32 Å². The minimum Gasteiger partial charge on any atom is -0.372 e. The third-order valence-electron chi connectivity index (χ3n) is 3.74. The van der Waals surface area contributed by atoms with Gasteiger partial charge in [0.15, 0.2) is 0 Å². The minimum atomic E-state index is -0.182. The predicted molar refractivity (Wildman–Crippen MR) is 91.1 cm³/mol. The van der Waals surface area contributed by atoms with Crippen molar-refractivity contribution in [2.45, 2.75) is 32.6 Å². The zero-order valence-corrected chi connectivity index (χ0v) is 14.5. The third kappa shape index (κ3) is 4.01. The Hall–Kier alpha value is -2.19. The van der Waals surface area contributed by atoms with E-state index in [2.05, 4.69) is 10.4 Å². The van der Waals surface area contributed by atoms with Crippen LogP contribution in [0.1, 0.15) is 24.2 Å². The summed E-state index contributed by atoms with van der Waals surface area (Å²) >= 11 is 1.47. The molecule has 2 aromatic rings. The van der Waals surface area contributed by atoms with Gasteiger partial charge in [0, 0.05) is 24.7 Å². The van der Waals surface area contributed by atoms with E-state index in [0.29, 0.717) is 24.3 Å². The van der Waals surface area contributed by atoms with Crippen molar-refractivity contribution >= 4 is 28.8 Å². The average molecular weight is 348 g/mol. The smallest absolute Gasteiger partial charge is 0.256 e. The lowest BCUT2D eigenvalue weighted by Crippen LogP contribution is -2.49. The zero-order chi connectivity index (χ0) is 17.1. The highest BCUT2D eigenvalue weighted by atomic mass is 32.1. The van der Waals surface area contributed by atoms with Crippen LogP contribution in [0.3, 0.4) is 0 Å². The first-order valence-corrected chi connectivity index (χ1v) is 8.75. The summed E-state index contributed by atoms with van der Waals surface area (Å²) in [5, 5.41) is 10.6. The molecular formula is C16H20N4O3S. The number of thiophene rings is 1. The second-order valence-electron chi connectivity index (χ2n) is 5.95. The van der Waals surface area contributed by atoms with Gasteiger partial charge in [-0.3, -0.25) is 14.3 Å². The van der Waals surface area contributed by atoms with Gasteiger partial charge in [0.05, 0.1) is 29.7 Å². The number of carbonyl (C=O) groups excluding carboxylic acids is 2. The molecule has 0 aromatic carbocycles. The molecule has 0 aliphatic carbocycles. The Morgan fingerprint density at radius 1 is 1.38 bits per heavy atom. The van der Waals surface area contributed by atoms with E-state index in [-0.39, 0.29) is 30.6 Å². The second kappa shape index (κ2) is 7.14. The number of rotatable bonds is 4. The van der Waals surface area contributed by atoms with Crippen LogP contribution in [0.2, 0.25) is 0 Å². The number of ether oxygens (including phenoxy) is 1. The standard InChI is InChI=1S/C16H20N4O3S/c1-11-6-19(7-12(2)23-11)15(21)9-20-8-14(5-17-20)18-16(22)13-3-4-24-10-13/h3-5,8,10-12H,6-7,9H2,1-2H3,(H,18,22)/t11-,12-/m0/s1. The molecule has 1 aliphatic rings. The van der Waals surface area contributed by atoms with Crippen molar-refractivity contribution < 1.29 is 14.3 Å². The molecule has 0 unspecified atom stereocenters. The summed E-state index contributed by atoms with van der Waals surface area (Å²) in [4.78, 5) is 26.2. The first-order chi connectivity index (χ1) is 11.5. The lowest BCUT2D eigenvalue weighted by Gasteiger charge is -2.35. The van der Waals surface area contributed by atoms with Crippen molar-refractivity contribution in [2.75, 3.05) is 18.4 Å². The fraction of sp³-hybridized carbons (Fsp3) is 0.438. The maximum Gasteiger partial charge on any atom is 0.256 e. The summed E-state index contributed by atoms with van der Waals surface area (Å²) in [5.41, 5.74) is 1.18. The van der Waals surface area contributed by atoms with Crippen molar-refractivity contribution in [3.8, 4) is 0 Å². The molecule has 2 amide bonds. The Bertz CT molecular complexity index is 703. The molecule has 0 radical (unpaired) electrons. The number of carbonyl (C=O) groups is 2. The van der Waals surface area contributed by atoms with Gasteiger partial charge in [0.25, 0.3) is 5.91 Å². The van der Waals surface area contributed by atoms with Crippen molar-refractivity contribution in [2.24, 2.45) is 0 Å². The summed E-state index contributed by atoms with van der Waals surface area (Å²) in [7, 11) is 0. The topological polar surface area (TPSA) is 76.5 Å². The van der Waals surface area contributed by atoms with E-state index >= 15 is 0 Å². The fourth-order valence-corrected chi connectivity index (χ4v) is 3.37. The third-order valence-corrected chi connectivity index (χ3v) is 4.43. The molecule has 1 N–H and O–H groups in total. The van der Waals surface area contributed by atoms with Crippen LogP contribution >= 0.6 is 11.3 Å². The molecule has 3 heterocycles. The molecule has 7 nitrogen and oxygen atoms in total. The predicted octanol–water partition coefficient (Wildman–Crippen LogP) is 1.83. The monoisotopic (exact) mass is 348 g/mol. The number of anilines is 1. The molecular weight excluding hydrogens is 328 g/mol. The van der Waals surface area contributed by atoms with E-state index < -0.39 is 0 Å². The molecule has 0 spiro atoms. The highest BCUT2D eigenvalue weighted by molar-refractivity contribution is 7.08. The molecule has 2 aromatic heterocycles. The molecule has 24 heavy (non-hydrogen) atoms. The largest absolute Gasteiger partial charge is 0.372 e. The van der Waals surface area contributed by atoms with Gasteiger partial charge in [-0.15, -0.1) is 0 Å². The summed E-state index contributed by atoms with van der Waals surface area (Å²) < 4.78 is 7.18. The van der Waals surface area contributed by atoms with Gasteiger partial charge in [-0.1, -0.05) is 0 Å². The molecule has 0 saturated carbocycles. The van der Waals surface area contributed by atoms with E-state index in [0.717, 1.165) is 0 Å². The van der Waals surface area contributed by atoms with Gasteiger partial charge >= 0.3 is 0 Å². The SMILES string of the molecule is C[C@H]1CN(C(=O)Cn2cc(NC(=O)c3ccsc3)cn2)C[C@H](C)O1. The first kappa shape index (κ1) is 16.7. The van der Waals surface area contributed by atoms with Crippen LogP contribution in [-0.4, -0.2) is 51.8 Å². The summed E-state index contributed by atoms with van der Waals surface area (Å²) in [6, 6.07) is 1.76. The highest BCUT2D eigenvalue weighted by Crippen LogP contribution is 2.13. The molecule has 1 fully saturated rings. The van der Waals surface area contributed by atoms with E-state index in [4.69, 9.17) is 4.74 Å². The number of nitrogens with zero attached hydrogens (tertiary/aromatic N) is 3. The molecule has 0 bridgehead atoms. The zero-order valence-electron chi connectivity index (χ0n) is 13.6. The summed E-state index contributed by atoms with van der Waals surface area (Å²) in [6.45, 7) is 5.25. The van der Waals surface area contributed by atoms with Gasteiger partial charge in [-0.2, -0.15) is 16.4 Å². The summed E-state index contributed by atoms with van der Waals surface area (Å²) in [6.07, 6.45) is 3.28. The van der Waals surface area contributed by atoms with Crippen molar-refractivity contribution in [1.29, 1.82) is 0 Å². The molecule has 8 heteroatoms. The lowest BCUT2D eigenvalue weighted by atomic mass is 10.2. The number of aromatic nitrogens is 2. The number of amides is 2. The highest BCUT2D eigenvalue weighted by Gasteiger charge is 2.26. The van der Waals surface area contributed by atoms with Gasteiger partial charge in [0.2, 0.25) is 5.91 Å². The Labute approximate surface area is 144 Å². The minimum absolute atomic E-state index is 0.00388. The van der Waals surface area contributed by atoms with Crippen molar-refractivity contribution in [3.05, 3.63) is 34.8 Å². The number of nitrogens with one attached hydrogen (secondary N) is 1. The van der Waals surface area contributed by atoms with Crippen molar-refractivity contribution in [1.82, 2.24) is 14.7 Å². The van der Waals surface area contributed by atoms with Gasteiger partial charge < -0.3 is 15.0 Å². The van der Waals surface area contributed by atoms with E-state index in [9.17, 15) is 9.59 Å². The van der Waals surface area contributed by atoms with Gasteiger partial charge in [-0.05, 0) is 25.3 Å². The van der Waals surface area contributed by atoms with Crippen LogP contribution in [0.5, 0.6) is 0 Å². The average Bonchev–Trinajstić information content (AvgIpc) is 3.18. The van der Waals surface area contributed by atoms with E-state index in [1.807, 2.05) is 19.2 Å². The molecule has 1 aliphatic heterocycles. The fourth-order valence-electron chi connectivity index (χ4n) is 2.73.